The van der Waals surface area contributed by atoms with Crippen LogP contribution in [0, 0.1) is 0 Å². The quantitative estimate of drug-likeness (QED) is 0.819. The van der Waals surface area contributed by atoms with Crippen molar-refractivity contribution in [2.24, 2.45) is 0 Å². The Bertz CT molecular complexity index is 349. The van der Waals surface area contributed by atoms with Gasteiger partial charge in [-0.3, -0.25) is 0 Å². The molecule has 1 atom stereocenters. The molecule has 0 aliphatic heterocycles. The van der Waals surface area contributed by atoms with Crippen LogP contribution in [0.5, 0.6) is 0 Å². The minimum atomic E-state index is -4.27. The lowest BCUT2D eigenvalue weighted by Gasteiger charge is -2.13. The molecule has 18 heavy (non-hydrogen) atoms. The van der Waals surface area contributed by atoms with E-state index in [0.717, 1.165) is 18.4 Å². The highest BCUT2D eigenvalue weighted by Gasteiger charge is 2.27. The number of alkyl halides is 3. The minimum absolute atomic E-state index is 0.0813. The fraction of sp³-hybridized carbons (Fsp3) is 0.667. The summed E-state index contributed by atoms with van der Waals surface area (Å²) in [5.74, 6) is 0. The number of rotatable bonds is 7. The van der Waals surface area contributed by atoms with Gasteiger partial charge in [-0.25, -0.2) is 0 Å². The topological polar surface area (TPSA) is 26.2 Å². The molecule has 0 radical (unpaired) electrons. The van der Waals surface area contributed by atoms with E-state index >= 15 is 0 Å². The van der Waals surface area contributed by atoms with Gasteiger partial charge in [-0.05, 0) is 25.1 Å². The molecule has 1 rings (SSSR count). The van der Waals surface area contributed by atoms with E-state index in [4.69, 9.17) is 0 Å². The highest BCUT2D eigenvalue weighted by molar-refractivity contribution is 5.15. The number of nitrogens with zero attached hydrogens (tertiary/aromatic N) is 1. The summed E-state index contributed by atoms with van der Waals surface area (Å²) >= 11 is 0. The van der Waals surface area contributed by atoms with E-state index in [2.05, 4.69) is 17.0 Å². The average molecular weight is 264 g/mol. The van der Waals surface area contributed by atoms with Gasteiger partial charge in [-0.1, -0.05) is 13.3 Å². The summed E-state index contributed by atoms with van der Waals surface area (Å²) in [5, 5.41) is 3.18. The molecule has 0 fully saturated rings. The predicted molar refractivity (Wildman–Crippen MR) is 63.1 cm³/mol. The van der Waals surface area contributed by atoms with Gasteiger partial charge >= 0.3 is 6.18 Å². The molecule has 1 unspecified atom stereocenters. The largest absolute Gasteiger partial charge is 0.411 e. The van der Waals surface area contributed by atoms with Crippen LogP contribution in [-0.2, 0) is 11.5 Å². The molecule has 0 aliphatic carbocycles. The first kappa shape index (κ1) is 15.0. The van der Waals surface area contributed by atoms with Crippen molar-refractivity contribution >= 4 is 0 Å². The maximum absolute atomic E-state index is 11.9. The van der Waals surface area contributed by atoms with Crippen LogP contribution >= 0.6 is 0 Å². The molecular weight excluding hydrogens is 245 g/mol. The Hall–Kier alpha value is -1.01. The molecular formula is C12H19F3N2O. The highest BCUT2D eigenvalue weighted by Crippen LogP contribution is 2.19. The molecule has 1 N–H and O–H groups in total. The summed E-state index contributed by atoms with van der Waals surface area (Å²) in [7, 11) is 1.87. The SMILES string of the molecule is CCCC(NC)c1ccn(COCC(F)(F)F)c1. The normalized spacial score (nSPS) is 13.8. The van der Waals surface area contributed by atoms with Crippen LogP contribution in [0.3, 0.4) is 0 Å². The van der Waals surface area contributed by atoms with Crippen molar-refractivity contribution in [3.05, 3.63) is 24.0 Å². The summed E-state index contributed by atoms with van der Waals surface area (Å²) < 4.78 is 41.9. The summed E-state index contributed by atoms with van der Waals surface area (Å²) in [6.07, 6.45) is 1.30. The number of ether oxygens (including phenoxy) is 1. The zero-order chi connectivity index (χ0) is 13.6. The Morgan fingerprint density at radius 3 is 2.72 bits per heavy atom. The van der Waals surface area contributed by atoms with Crippen LogP contribution < -0.4 is 5.32 Å². The minimum Gasteiger partial charge on any atom is -0.351 e. The predicted octanol–water partition coefficient (Wildman–Crippen LogP) is 3.09. The number of halogens is 3. The van der Waals surface area contributed by atoms with E-state index in [1.54, 1.807) is 10.8 Å². The summed E-state index contributed by atoms with van der Waals surface area (Å²) in [6.45, 7) is 0.792. The highest BCUT2D eigenvalue weighted by atomic mass is 19.4. The lowest BCUT2D eigenvalue weighted by Crippen LogP contribution is -2.18. The summed E-state index contributed by atoms with van der Waals surface area (Å²) in [5.41, 5.74) is 1.06. The molecule has 0 amide bonds. The summed E-state index contributed by atoms with van der Waals surface area (Å²) in [6, 6.07) is 2.13. The smallest absolute Gasteiger partial charge is 0.351 e. The van der Waals surface area contributed by atoms with E-state index in [0.29, 0.717) is 0 Å². The first-order valence-corrected chi connectivity index (χ1v) is 5.93. The molecule has 0 saturated heterocycles. The van der Waals surface area contributed by atoms with Crippen molar-refractivity contribution < 1.29 is 17.9 Å². The Morgan fingerprint density at radius 2 is 2.17 bits per heavy atom. The van der Waals surface area contributed by atoms with E-state index < -0.39 is 12.8 Å². The van der Waals surface area contributed by atoms with E-state index in [1.165, 1.54) is 0 Å². The second kappa shape index (κ2) is 6.80. The van der Waals surface area contributed by atoms with Gasteiger partial charge in [0.05, 0.1) is 0 Å². The number of aromatic nitrogens is 1. The zero-order valence-corrected chi connectivity index (χ0v) is 10.6. The van der Waals surface area contributed by atoms with Crippen LogP contribution in [0.2, 0.25) is 0 Å². The van der Waals surface area contributed by atoms with Gasteiger partial charge in [-0.2, -0.15) is 13.2 Å². The van der Waals surface area contributed by atoms with Crippen LogP contribution in [0.25, 0.3) is 0 Å². The van der Waals surface area contributed by atoms with E-state index in [1.807, 2.05) is 19.3 Å². The zero-order valence-electron chi connectivity index (χ0n) is 10.6. The van der Waals surface area contributed by atoms with Crippen LogP contribution in [0.15, 0.2) is 18.5 Å². The van der Waals surface area contributed by atoms with Crippen molar-refractivity contribution in [3.8, 4) is 0 Å². The molecule has 0 saturated carbocycles. The molecule has 0 spiro atoms. The van der Waals surface area contributed by atoms with Crippen LogP contribution in [0.4, 0.5) is 13.2 Å². The lowest BCUT2D eigenvalue weighted by molar-refractivity contribution is -0.181. The third kappa shape index (κ3) is 5.10. The van der Waals surface area contributed by atoms with Gasteiger partial charge in [0.2, 0.25) is 0 Å². The summed E-state index contributed by atoms with van der Waals surface area (Å²) in [4.78, 5) is 0. The van der Waals surface area contributed by atoms with Crippen molar-refractivity contribution in [2.45, 2.75) is 38.7 Å². The Kier molecular flexibility index (Phi) is 5.68. The fourth-order valence-electron chi connectivity index (χ4n) is 1.78. The Balaban J connectivity index is 2.47. The van der Waals surface area contributed by atoms with Gasteiger partial charge in [0.15, 0.2) is 0 Å². The molecule has 3 nitrogen and oxygen atoms in total. The maximum Gasteiger partial charge on any atom is 0.411 e. The first-order valence-electron chi connectivity index (χ1n) is 5.93. The van der Waals surface area contributed by atoms with Gasteiger partial charge < -0.3 is 14.6 Å². The maximum atomic E-state index is 11.9. The standard InChI is InChI=1S/C12H19F3N2O/c1-3-4-11(16-2)10-5-6-17(7-10)9-18-8-12(13,14)15/h5-7,11,16H,3-4,8-9H2,1-2H3. The van der Waals surface area contributed by atoms with Crippen molar-refractivity contribution in [1.82, 2.24) is 9.88 Å². The Morgan fingerprint density at radius 1 is 1.44 bits per heavy atom. The average Bonchev–Trinajstić information content (AvgIpc) is 2.72. The molecule has 0 bridgehead atoms. The van der Waals surface area contributed by atoms with Gasteiger partial charge in [0, 0.05) is 18.4 Å². The molecule has 0 aliphatic rings. The molecule has 1 aromatic rings. The molecule has 6 heteroatoms. The van der Waals surface area contributed by atoms with Gasteiger partial charge in [0.25, 0.3) is 0 Å². The lowest BCUT2D eigenvalue weighted by atomic mass is 10.1. The van der Waals surface area contributed by atoms with E-state index in [-0.39, 0.29) is 12.8 Å². The number of hydrogen-bond donors (Lipinski definition) is 1. The van der Waals surface area contributed by atoms with Crippen molar-refractivity contribution in [3.63, 3.8) is 0 Å². The van der Waals surface area contributed by atoms with Crippen LogP contribution in [-0.4, -0.2) is 24.4 Å². The van der Waals surface area contributed by atoms with Crippen molar-refractivity contribution in [1.29, 1.82) is 0 Å². The van der Waals surface area contributed by atoms with Gasteiger partial charge in [-0.15, -0.1) is 0 Å². The third-order valence-electron chi connectivity index (χ3n) is 2.61. The second-order valence-corrected chi connectivity index (χ2v) is 4.18. The molecule has 1 heterocycles. The fourth-order valence-corrected chi connectivity index (χ4v) is 1.78. The monoisotopic (exact) mass is 264 g/mol. The first-order chi connectivity index (χ1) is 8.46. The molecule has 104 valence electrons. The molecule has 0 aromatic carbocycles. The second-order valence-electron chi connectivity index (χ2n) is 4.18. The molecule has 1 aromatic heterocycles. The number of nitrogens with one attached hydrogen (secondary N) is 1. The van der Waals surface area contributed by atoms with Gasteiger partial charge in [0.1, 0.15) is 13.3 Å². The Labute approximate surface area is 105 Å². The van der Waals surface area contributed by atoms with E-state index in [9.17, 15) is 13.2 Å². The third-order valence-corrected chi connectivity index (χ3v) is 2.61. The number of hydrogen-bond acceptors (Lipinski definition) is 2. The van der Waals surface area contributed by atoms with Crippen LogP contribution in [0.1, 0.15) is 31.4 Å². The van der Waals surface area contributed by atoms with Crippen molar-refractivity contribution in [2.75, 3.05) is 13.7 Å².